The number of hydrogen-bond acceptors (Lipinski definition) is 3. The van der Waals surface area contributed by atoms with Crippen LogP contribution in [-0.2, 0) is 16.1 Å². The van der Waals surface area contributed by atoms with Gasteiger partial charge in [0.15, 0.2) is 0 Å². The van der Waals surface area contributed by atoms with E-state index in [2.05, 4.69) is 4.74 Å². The largest absolute Gasteiger partial charge is 0.464 e. The van der Waals surface area contributed by atoms with Crippen LogP contribution in [0.1, 0.15) is 17.4 Å². The Morgan fingerprint density at radius 3 is 2.77 bits per heavy atom. The summed E-state index contributed by atoms with van der Waals surface area (Å²) in [6, 6.07) is 3.32. The molecule has 0 unspecified atom stereocenters. The normalized spacial score (nSPS) is 9.69. The molecule has 0 saturated heterocycles. The van der Waals surface area contributed by atoms with Gasteiger partial charge in [-0.15, -0.1) is 0 Å². The molecule has 0 atom stereocenters. The van der Waals surface area contributed by atoms with Gasteiger partial charge in [-0.05, 0) is 19.1 Å². The lowest BCUT2D eigenvalue weighted by atomic mass is 10.4. The van der Waals surface area contributed by atoms with E-state index in [0.29, 0.717) is 5.69 Å². The predicted octanol–water partition coefficient (Wildman–Crippen LogP) is 0.864. The Labute approximate surface area is 76.1 Å². The van der Waals surface area contributed by atoms with Crippen LogP contribution < -0.4 is 0 Å². The van der Waals surface area contributed by atoms with Crippen LogP contribution in [-0.4, -0.2) is 23.4 Å². The van der Waals surface area contributed by atoms with Crippen LogP contribution in [0.2, 0.25) is 0 Å². The first-order valence-corrected chi connectivity index (χ1v) is 3.88. The zero-order chi connectivity index (χ0) is 9.84. The monoisotopic (exact) mass is 181 g/mol. The van der Waals surface area contributed by atoms with E-state index in [-0.39, 0.29) is 12.3 Å². The maximum Gasteiger partial charge on any atom is 0.354 e. The Kier molecular flexibility index (Phi) is 2.84. The molecular weight excluding hydrogens is 170 g/mol. The van der Waals surface area contributed by atoms with E-state index < -0.39 is 5.97 Å². The van der Waals surface area contributed by atoms with Gasteiger partial charge in [-0.2, -0.15) is 0 Å². The molecule has 0 spiro atoms. The minimum atomic E-state index is -0.425. The van der Waals surface area contributed by atoms with Gasteiger partial charge < -0.3 is 9.30 Å². The number of aromatic nitrogens is 1. The maximum absolute atomic E-state index is 11.1. The summed E-state index contributed by atoms with van der Waals surface area (Å²) in [6.45, 7) is 1.68. The molecule has 0 bridgehead atoms. The quantitative estimate of drug-likeness (QED) is 0.650. The molecule has 4 nitrogen and oxygen atoms in total. The van der Waals surface area contributed by atoms with Gasteiger partial charge in [0, 0.05) is 6.20 Å². The number of carbonyl (C=O) groups is 2. The van der Waals surface area contributed by atoms with Crippen molar-refractivity contribution in [2.45, 2.75) is 13.5 Å². The van der Waals surface area contributed by atoms with Gasteiger partial charge in [-0.3, -0.25) is 4.79 Å². The van der Waals surface area contributed by atoms with Crippen molar-refractivity contribution in [2.75, 3.05) is 7.11 Å². The minimum absolute atomic E-state index is 0.00125. The van der Waals surface area contributed by atoms with Gasteiger partial charge in [0.25, 0.3) is 0 Å². The Bertz CT molecular complexity index is 327. The average molecular weight is 181 g/mol. The molecule has 0 aliphatic heterocycles. The van der Waals surface area contributed by atoms with Crippen molar-refractivity contribution in [3.05, 3.63) is 24.0 Å². The highest BCUT2D eigenvalue weighted by atomic mass is 16.5. The first-order valence-electron chi connectivity index (χ1n) is 3.88. The van der Waals surface area contributed by atoms with Crippen LogP contribution in [0.25, 0.3) is 0 Å². The zero-order valence-electron chi connectivity index (χ0n) is 7.61. The molecule has 4 heteroatoms. The number of methoxy groups -OCH3 is 1. The summed E-state index contributed by atoms with van der Waals surface area (Å²) in [4.78, 5) is 21.9. The number of ether oxygens (including phenoxy) is 1. The van der Waals surface area contributed by atoms with Crippen molar-refractivity contribution in [1.29, 1.82) is 0 Å². The van der Waals surface area contributed by atoms with Gasteiger partial charge in [0.1, 0.15) is 11.5 Å². The topological polar surface area (TPSA) is 48.3 Å². The van der Waals surface area contributed by atoms with Gasteiger partial charge in [-0.1, -0.05) is 0 Å². The predicted molar refractivity (Wildman–Crippen MR) is 46.5 cm³/mol. The van der Waals surface area contributed by atoms with Crippen molar-refractivity contribution in [3.63, 3.8) is 0 Å². The van der Waals surface area contributed by atoms with Crippen LogP contribution in [0.5, 0.6) is 0 Å². The van der Waals surface area contributed by atoms with Crippen molar-refractivity contribution in [2.24, 2.45) is 0 Å². The van der Waals surface area contributed by atoms with Crippen molar-refractivity contribution < 1.29 is 14.3 Å². The smallest absolute Gasteiger partial charge is 0.354 e. The Morgan fingerprint density at radius 1 is 1.54 bits per heavy atom. The van der Waals surface area contributed by atoms with E-state index in [0.717, 1.165) is 0 Å². The summed E-state index contributed by atoms with van der Waals surface area (Å²) in [6.07, 6.45) is 1.67. The third-order valence-corrected chi connectivity index (χ3v) is 1.62. The van der Waals surface area contributed by atoms with Crippen LogP contribution in [0.4, 0.5) is 0 Å². The molecule has 0 N–H and O–H groups in total. The summed E-state index contributed by atoms with van der Waals surface area (Å²) < 4.78 is 6.11. The van der Waals surface area contributed by atoms with Crippen molar-refractivity contribution in [3.8, 4) is 0 Å². The summed E-state index contributed by atoms with van der Waals surface area (Å²) in [5.74, 6) is -0.424. The number of Topliss-reactive ketones (excluding diaryl/α,β-unsaturated/α-hetero) is 1. The second kappa shape index (κ2) is 3.89. The van der Waals surface area contributed by atoms with E-state index >= 15 is 0 Å². The first-order chi connectivity index (χ1) is 6.15. The van der Waals surface area contributed by atoms with Crippen LogP contribution >= 0.6 is 0 Å². The molecule has 1 aromatic rings. The lowest BCUT2D eigenvalue weighted by Gasteiger charge is -2.04. The fraction of sp³-hybridized carbons (Fsp3) is 0.333. The van der Waals surface area contributed by atoms with E-state index in [1.807, 2.05) is 0 Å². The molecule has 0 fully saturated rings. The summed E-state index contributed by atoms with van der Waals surface area (Å²) >= 11 is 0. The van der Waals surface area contributed by atoms with Crippen LogP contribution in [0.15, 0.2) is 18.3 Å². The molecule has 1 heterocycles. The molecule has 1 aromatic heterocycles. The molecule has 1 rings (SSSR count). The molecule has 0 aliphatic carbocycles. The zero-order valence-corrected chi connectivity index (χ0v) is 7.61. The highest BCUT2D eigenvalue weighted by molar-refractivity contribution is 5.88. The second-order valence-electron chi connectivity index (χ2n) is 2.71. The number of ketones is 1. The number of rotatable bonds is 3. The number of esters is 1. The van der Waals surface area contributed by atoms with Crippen molar-refractivity contribution in [1.82, 2.24) is 4.57 Å². The molecule has 13 heavy (non-hydrogen) atoms. The molecule has 0 aromatic carbocycles. The summed E-state index contributed by atoms with van der Waals surface area (Å²) in [7, 11) is 1.31. The molecule has 0 aliphatic rings. The fourth-order valence-corrected chi connectivity index (χ4v) is 1.08. The molecule has 0 saturated carbocycles. The second-order valence-corrected chi connectivity index (χ2v) is 2.71. The van der Waals surface area contributed by atoms with Gasteiger partial charge in [0.2, 0.25) is 0 Å². The molecule has 0 radical (unpaired) electrons. The SMILES string of the molecule is COC(=O)c1cccn1CC(C)=O. The van der Waals surface area contributed by atoms with Gasteiger partial charge >= 0.3 is 5.97 Å². The van der Waals surface area contributed by atoms with Gasteiger partial charge in [0.05, 0.1) is 13.7 Å². The van der Waals surface area contributed by atoms with E-state index in [1.165, 1.54) is 14.0 Å². The molecule has 70 valence electrons. The minimum Gasteiger partial charge on any atom is -0.464 e. The van der Waals surface area contributed by atoms with Crippen LogP contribution in [0, 0.1) is 0 Å². The lowest BCUT2D eigenvalue weighted by Crippen LogP contribution is -2.13. The summed E-state index contributed by atoms with van der Waals surface area (Å²) in [5, 5.41) is 0. The van der Waals surface area contributed by atoms with Crippen LogP contribution in [0.3, 0.4) is 0 Å². The third-order valence-electron chi connectivity index (χ3n) is 1.62. The maximum atomic E-state index is 11.1. The van der Waals surface area contributed by atoms with E-state index in [9.17, 15) is 9.59 Å². The van der Waals surface area contributed by atoms with Crippen molar-refractivity contribution >= 4 is 11.8 Å². The number of hydrogen-bond donors (Lipinski definition) is 0. The number of carbonyl (C=O) groups excluding carboxylic acids is 2. The summed E-state index contributed by atoms with van der Waals surface area (Å²) in [5.41, 5.74) is 0.401. The Balaban J connectivity index is 2.89. The highest BCUT2D eigenvalue weighted by Gasteiger charge is 2.10. The molecule has 0 amide bonds. The fourth-order valence-electron chi connectivity index (χ4n) is 1.08. The van der Waals surface area contributed by atoms with Gasteiger partial charge in [-0.25, -0.2) is 4.79 Å². The average Bonchev–Trinajstić information content (AvgIpc) is 2.50. The standard InChI is InChI=1S/C9H11NO3/c1-7(11)6-10-5-3-4-8(10)9(12)13-2/h3-5H,6H2,1-2H3. The third kappa shape index (κ3) is 2.18. The van der Waals surface area contributed by atoms with E-state index in [4.69, 9.17) is 0 Å². The number of nitrogens with zero attached hydrogens (tertiary/aromatic N) is 1. The first kappa shape index (κ1) is 9.51. The lowest BCUT2D eigenvalue weighted by molar-refractivity contribution is -0.117. The van der Waals surface area contributed by atoms with E-state index in [1.54, 1.807) is 22.9 Å². The Morgan fingerprint density at radius 2 is 2.23 bits per heavy atom. The molecular formula is C9H11NO3. The Hall–Kier alpha value is -1.58. The highest BCUT2D eigenvalue weighted by Crippen LogP contribution is 2.03.